The maximum atomic E-state index is 12.3. The summed E-state index contributed by atoms with van der Waals surface area (Å²) in [6.45, 7) is 0. The Hall–Kier alpha value is -2.78. The van der Waals surface area contributed by atoms with Gasteiger partial charge in [0.1, 0.15) is 0 Å². The molecule has 2 aromatic rings. The molecule has 1 N–H and O–H groups in total. The molecule has 0 aliphatic carbocycles. The zero-order chi connectivity index (χ0) is 18.0. The average Bonchev–Trinajstić information content (AvgIpc) is 2.74. The zero-order valence-electron chi connectivity index (χ0n) is 12.9. The van der Waals surface area contributed by atoms with Gasteiger partial charge in [0.05, 0.1) is 9.82 Å². The summed E-state index contributed by atoms with van der Waals surface area (Å²) in [7, 11) is -4.22. The summed E-state index contributed by atoms with van der Waals surface area (Å²) < 4.78 is 29.8. The van der Waals surface area contributed by atoms with Gasteiger partial charge in [0.15, 0.2) is 6.10 Å². The quantitative estimate of drug-likeness (QED) is 0.507. The number of para-hydroxylation sites is 1. The molecule has 1 amide bonds. The van der Waals surface area contributed by atoms with Crippen molar-refractivity contribution in [2.24, 2.45) is 0 Å². The number of fused-ring (bicyclic) bond motifs is 1. The molecular formula is C16H14N2O6S. The summed E-state index contributed by atoms with van der Waals surface area (Å²) >= 11 is 0. The van der Waals surface area contributed by atoms with Gasteiger partial charge in [0.25, 0.3) is 21.7 Å². The van der Waals surface area contributed by atoms with E-state index in [4.69, 9.17) is 4.18 Å². The van der Waals surface area contributed by atoms with Crippen molar-refractivity contribution in [2.45, 2.75) is 23.8 Å². The second-order valence-electron chi connectivity index (χ2n) is 5.48. The van der Waals surface area contributed by atoms with Crippen molar-refractivity contribution in [2.75, 3.05) is 5.32 Å². The predicted octanol–water partition coefficient (Wildman–Crippen LogP) is 2.25. The number of hydrogen-bond acceptors (Lipinski definition) is 6. The highest BCUT2D eigenvalue weighted by atomic mass is 32.2. The second-order valence-corrected chi connectivity index (χ2v) is 7.05. The molecule has 130 valence electrons. The van der Waals surface area contributed by atoms with Crippen LogP contribution in [0.15, 0.2) is 53.4 Å². The van der Waals surface area contributed by atoms with Gasteiger partial charge in [-0.05, 0) is 36.6 Å². The molecule has 0 bridgehead atoms. The number of aryl methyl sites for hydroxylation is 1. The molecule has 1 aliphatic heterocycles. The van der Waals surface area contributed by atoms with Crippen LogP contribution in [0.2, 0.25) is 0 Å². The predicted molar refractivity (Wildman–Crippen MR) is 88.5 cm³/mol. The lowest BCUT2D eigenvalue weighted by Crippen LogP contribution is -2.31. The Morgan fingerprint density at radius 2 is 1.80 bits per heavy atom. The Labute approximate surface area is 143 Å². The number of non-ortho nitro benzene ring substituents is 1. The molecule has 1 aliphatic rings. The molecule has 9 heteroatoms. The number of amides is 1. The van der Waals surface area contributed by atoms with Gasteiger partial charge in [-0.15, -0.1) is 0 Å². The first-order valence-electron chi connectivity index (χ1n) is 7.43. The molecule has 1 heterocycles. The normalized spacial score (nSPS) is 17.3. The van der Waals surface area contributed by atoms with Gasteiger partial charge in [-0.1, -0.05) is 18.2 Å². The van der Waals surface area contributed by atoms with E-state index >= 15 is 0 Å². The minimum atomic E-state index is -4.22. The van der Waals surface area contributed by atoms with Crippen molar-refractivity contribution in [1.82, 2.24) is 0 Å². The number of nitro groups is 1. The van der Waals surface area contributed by atoms with Crippen molar-refractivity contribution in [3.05, 3.63) is 64.2 Å². The van der Waals surface area contributed by atoms with Crippen molar-refractivity contribution in [1.29, 1.82) is 0 Å². The largest absolute Gasteiger partial charge is 0.324 e. The zero-order valence-corrected chi connectivity index (χ0v) is 13.7. The number of nitrogens with zero attached hydrogens (tertiary/aromatic N) is 1. The lowest BCUT2D eigenvalue weighted by molar-refractivity contribution is -0.384. The molecule has 3 rings (SSSR count). The van der Waals surface area contributed by atoms with Gasteiger partial charge in [0.2, 0.25) is 0 Å². The third-order valence-corrected chi connectivity index (χ3v) is 5.16. The van der Waals surface area contributed by atoms with Crippen LogP contribution >= 0.6 is 0 Å². The van der Waals surface area contributed by atoms with Crippen LogP contribution in [0.4, 0.5) is 11.4 Å². The molecule has 8 nitrogen and oxygen atoms in total. The van der Waals surface area contributed by atoms with E-state index in [-0.39, 0.29) is 17.0 Å². The summed E-state index contributed by atoms with van der Waals surface area (Å²) in [5, 5.41) is 13.3. The topological polar surface area (TPSA) is 116 Å². The van der Waals surface area contributed by atoms with Crippen LogP contribution in [0.1, 0.15) is 12.0 Å². The van der Waals surface area contributed by atoms with Crippen LogP contribution in [-0.2, 0) is 25.5 Å². The van der Waals surface area contributed by atoms with Crippen LogP contribution in [-0.4, -0.2) is 25.4 Å². The number of carbonyl (C=O) groups is 1. The Kier molecular flexibility index (Phi) is 4.51. The van der Waals surface area contributed by atoms with E-state index in [1.54, 1.807) is 12.1 Å². The van der Waals surface area contributed by atoms with E-state index in [9.17, 15) is 23.3 Å². The number of anilines is 1. The lowest BCUT2D eigenvalue weighted by Gasteiger charge is -2.14. The molecule has 0 saturated heterocycles. The second kappa shape index (κ2) is 6.61. The molecule has 0 fully saturated rings. The maximum Gasteiger partial charge on any atom is 0.297 e. The highest BCUT2D eigenvalue weighted by molar-refractivity contribution is 7.86. The minimum absolute atomic E-state index is 0.203. The monoisotopic (exact) mass is 362 g/mol. The summed E-state index contributed by atoms with van der Waals surface area (Å²) in [4.78, 5) is 22.0. The van der Waals surface area contributed by atoms with Crippen LogP contribution in [0.3, 0.4) is 0 Å². The summed E-state index contributed by atoms with van der Waals surface area (Å²) in [6, 6.07) is 11.5. The number of benzene rings is 2. The first kappa shape index (κ1) is 17.1. The summed E-state index contributed by atoms with van der Waals surface area (Å²) in [5.41, 5.74) is 1.29. The van der Waals surface area contributed by atoms with Crippen molar-refractivity contribution in [3.63, 3.8) is 0 Å². The van der Waals surface area contributed by atoms with E-state index in [0.29, 0.717) is 12.1 Å². The van der Waals surface area contributed by atoms with Gasteiger partial charge >= 0.3 is 0 Å². The Morgan fingerprint density at radius 1 is 1.12 bits per heavy atom. The minimum Gasteiger partial charge on any atom is -0.324 e. The van der Waals surface area contributed by atoms with Gasteiger partial charge < -0.3 is 5.32 Å². The van der Waals surface area contributed by atoms with Crippen molar-refractivity contribution < 1.29 is 22.3 Å². The van der Waals surface area contributed by atoms with Crippen LogP contribution in [0, 0.1) is 10.1 Å². The molecule has 0 saturated carbocycles. The van der Waals surface area contributed by atoms with Crippen molar-refractivity contribution >= 4 is 27.4 Å². The summed E-state index contributed by atoms with van der Waals surface area (Å²) in [5.74, 6) is -0.546. The first-order valence-corrected chi connectivity index (χ1v) is 8.84. The smallest absolute Gasteiger partial charge is 0.297 e. The van der Waals surface area contributed by atoms with E-state index < -0.39 is 27.1 Å². The Balaban J connectivity index is 1.79. The van der Waals surface area contributed by atoms with E-state index in [1.807, 2.05) is 12.1 Å². The highest BCUT2D eigenvalue weighted by Crippen LogP contribution is 2.25. The third-order valence-electron chi connectivity index (χ3n) is 3.82. The number of nitro benzene ring substituents is 1. The average molecular weight is 362 g/mol. The molecule has 1 atom stereocenters. The molecule has 0 radical (unpaired) electrons. The van der Waals surface area contributed by atoms with Crippen LogP contribution in [0.25, 0.3) is 0 Å². The molecule has 2 aromatic carbocycles. The fraction of sp³-hybridized carbons (Fsp3) is 0.188. The molecule has 25 heavy (non-hydrogen) atoms. The molecule has 0 spiro atoms. The Bertz CT molecular complexity index is 924. The van der Waals surface area contributed by atoms with E-state index in [0.717, 1.165) is 29.8 Å². The number of hydrogen-bond donors (Lipinski definition) is 1. The molecular weight excluding hydrogens is 348 g/mol. The van der Waals surface area contributed by atoms with Gasteiger partial charge in [0, 0.05) is 17.8 Å². The van der Waals surface area contributed by atoms with Gasteiger partial charge in [-0.3, -0.25) is 19.1 Å². The fourth-order valence-electron chi connectivity index (χ4n) is 2.53. The molecule has 0 aromatic heterocycles. The fourth-order valence-corrected chi connectivity index (χ4v) is 3.60. The summed E-state index contributed by atoms with van der Waals surface area (Å²) in [6.07, 6.45) is -0.489. The van der Waals surface area contributed by atoms with Crippen molar-refractivity contribution in [3.8, 4) is 0 Å². The standard InChI is InChI=1S/C16H14N2O6S/c19-16-15(10-5-11-3-1-2-4-14(11)17-16)24-25(22,23)13-8-6-12(7-9-13)18(20)21/h1-4,6-9,15H,5,10H2,(H,17,19)/t15-/m1/s1. The first-order chi connectivity index (χ1) is 11.9. The van der Waals surface area contributed by atoms with E-state index in [1.165, 1.54) is 0 Å². The van der Waals surface area contributed by atoms with Crippen LogP contribution < -0.4 is 5.32 Å². The SMILES string of the molecule is O=C1Nc2ccccc2CC[C@H]1OS(=O)(=O)c1ccc([N+](=O)[O-])cc1. The number of rotatable bonds is 4. The number of nitrogens with one attached hydrogen (secondary N) is 1. The third kappa shape index (κ3) is 3.67. The van der Waals surface area contributed by atoms with Crippen LogP contribution in [0.5, 0.6) is 0 Å². The van der Waals surface area contributed by atoms with Gasteiger partial charge in [-0.25, -0.2) is 0 Å². The van der Waals surface area contributed by atoms with E-state index in [2.05, 4.69) is 5.32 Å². The Morgan fingerprint density at radius 3 is 2.48 bits per heavy atom. The number of carbonyl (C=O) groups excluding carboxylic acids is 1. The highest BCUT2D eigenvalue weighted by Gasteiger charge is 2.30. The maximum absolute atomic E-state index is 12.3. The van der Waals surface area contributed by atoms with Gasteiger partial charge in [-0.2, -0.15) is 8.42 Å². The molecule has 0 unspecified atom stereocenters. The lowest BCUT2D eigenvalue weighted by atomic mass is 10.1.